The second-order valence-electron chi connectivity index (χ2n) is 1.72. The summed E-state index contributed by atoms with van der Waals surface area (Å²) < 4.78 is 4.85. The molecule has 2 heteroatoms. The molecule has 0 aromatic carbocycles. The fraction of sp³-hybridized carbons (Fsp3) is 0.800. The minimum absolute atomic E-state index is 0.145. The molecule has 1 saturated heterocycles. The zero-order valence-electron chi connectivity index (χ0n) is 4.13. The molecule has 0 aromatic rings. The molecule has 0 amide bonds. The summed E-state index contributed by atoms with van der Waals surface area (Å²) in [6.07, 6.45) is 1.34. The van der Waals surface area contributed by atoms with Gasteiger partial charge in [0, 0.05) is 6.42 Å². The van der Waals surface area contributed by atoms with Crippen LogP contribution in [0.4, 0.5) is 0 Å². The van der Waals surface area contributed by atoms with Crippen molar-refractivity contribution < 1.29 is 9.84 Å². The van der Waals surface area contributed by atoms with Gasteiger partial charge >= 0.3 is 0 Å². The van der Waals surface area contributed by atoms with Gasteiger partial charge < -0.3 is 5.11 Å². The average Bonchev–Trinajstić information content (AvgIpc) is 1.69. The summed E-state index contributed by atoms with van der Waals surface area (Å²) in [6, 6.07) is 0. The van der Waals surface area contributed by atoms with Crippen molar-refractivity contribution in [1.82, 2.24) is 0 Å². The fourth-order valence-corrected chi connectivity index (χ4v) is 0.584. The van der Waals surface area contributed by atoms with Crippen molar-refractivity contribution in [2.24, 2.45) is 0 Å². The van der Waals surface area contributed by atoms with Crippen LogP contribution in [0.15, 0.2) is 0 Å². The lowest BCUT2D eigenvalue weighted by Crippen LogP contribution is -2.16. The third kappa shape index (κ3) is 1.37. The molecule has 1 heterocycles. The molecule has 1 fully saturated rings. The predicted molar refractivity (Wildman–Crippen MR) is 25.5 cm³/mol. The van der Waals surface area contributed by atoms with E-state index in [1.165, 1.54) is 0 Å². The highest BCUT2D eigenvalue weighted by Gasteiger charge is 2.16. The molecule has 1 rings (SSSR count). The number of hydrogen-bond acceptors (Lipinski definition) is 2. The van der Waals surface area contributed by atoms with Crippen molar-refractivity contribution in [2.75, 3.05) is 6.61 Å². The van der Waals surface area contributed by atoms with Gasteiger partial charge in [-0.15, -0.1) is 0 Å². The third-order valence-corrected chi connectivity index (χ3v) is 1.06. The largest absolute Gasteiger partial charge is 0.388 e. The molecule has 1 aliphatic heterocycles. The highest BCUT2D eigenvalue weighted by molar-refractivity contribution is 4.66. The Morgan fingerprint density at radius 3 is 2.86 bits per heavy atom. The van der Waals surface area contributed by atoms with Crippen LogP contribution in [0.5, 0.6) is 0 Å². The van der Waals surface area contributed by atoms with Crippen LogP contribution in [0.25, 0.3) is 0 Å². The monoisotopic (exact) mass is 101 g/mol. The molecule has 0 bridgehead atoms. The zero-order chi connectivity index (χ0) is 5.11. The minimum Gasteiger partial charge on any atom is -0.388 e. The number of ether oxygens (including phenoxy) is 1. The van der Waals surface area contributed by atoms with Crippen molar-refractivity contribution in [3.8, 4) is 0 Å². The first kappa shape index (κ1) is 4.94. The van der Waals surface area contributed by atoms with Crippen LogP contribution >= 0.6 is 0 Å². The lowest BCUT2D eigenvalue weighted by atomic mass is 10.2. The summed E-state index contributed by atoms with van der Waals surface area (Å²) in [5.74, 6) is 0. The molecule has 0 radical (unpaired) electrons. The smallest absolute Gasteiger partial charge is 0.229 e. The zero-order valence-corrected chi connectivity index (χ0v) is 4.13. The first-order chi connectivity index (χ1) is 3.39. The highest BCUT2D eigenvalue weighted by atomic mass is 16.5. The summed E-state index contributed by atoms with van der Waals surface area (Å²) in [5.41, 5.74) is 0. The van der Waals surface area contributed by atoms with Gasteiger partial charge in [0.15, 0.2) is 0 Å². The molecule has 2 nitrogen and oxygen atoms in total. The van der Waals surface area contributed by atoms with Crippen molar-refractivity contribution in [3.05, 3.63) is 6.61 Å². The van der Waals surface area contributed by atoms with E-state index in [1.54, 1.807) is 6.61 Å². The van der Waals surface area contributed by atoms with E-state index in [-0.39, 0.29) is 6.10 Å². The lowest BCUT2D eigenvalue weighted by molar-refractivity contribution is 0.0518. The fourth-order valence-electron chi connectivity index (χ4n) is 0.584. The normalized spacial score (nSPS) is 31.9. The molecule has 1 aliphatic rings. The molecule has 40 valence electrons. The Morgan fingerprint density at radius 2 is 2.57 bits per heavy atom. The molecule has 1 atom stereocenters. The molecule has 1 N–H and O–H groups in total. The summed E-state index contributed by atoms with van der Waals surface area (Å²) in [6.45, 7) is 2.34. The van der Waals surface area contributed by atoms with E-state index in [1.807, 2.05) is 0 Å². The van der Waals surface area contributed by atoms with E-state index < -0.39 is 0 Å². The van der Waals surface area contributed by atoms with Gasteiger partial charge in [-0.2, -0.15) is 4.74 Å². The van der Waals surface area contributed by atoms with Crippen LogP contribution in [0.3, 0.4) is 0 Å². The Hall–Kier alpha value is -0.210. The maximum Gasteiger partial charge on any atom is 0.229 e. The van der Waals surface area contributed by atoms with Crippen molar-refractivity contribution >= 4 is 0 Å². The Labute approximate surface area is 43.1 Å². The van der Waals surface area contributed by atoms with Gasteiger partial charge in [0.1, 0.15) is 13.0 Å². The van der Waals surface area contributed by atoms with Crippen LogP contribution in [0, 0.1) is 6.61 Å². The Kier molecular flexibility index (Phi) is 1.54. The van der Waals surface area contributed by atoms with E-state index in [9.17, 15) is 0 Å². The summed E-state index contributed by atoms with van der Waals surface area (Å²) >= 11 is 0. The minimum atomic E-state index is -0.145. The van der Waals surface area contributed by atoms with Gasteiger partial charge in [0.25, 0.3) is 0 Å². The molecular formula is C5H9O2+. The van der Waals surface area contributed by atoms with Gasteiger partial charge in [-0.25, -0.2) is 0 Å². The SMILES string of the molecule is OC1C[CH+]OCC1. The van der Waals surface area contributed by atoms with E-state index >= 15 is 0 Å². The quantitative estimate of drug-likeness (QED) is 0.445. The topological polar surface area (TPSA) is 29.5 Å². The van der Waals surface area contributed by atoms with Gasteiger partial charge in [-0.1, -0.05) is 0 Å². The van der Waals surface area contributed by atoms with Crippen molar-refractivity contribution in [1.29, 1.82) is 0 Å². The van der Waals surface area contributed by atoms with Crippen LogP contribution in [0.1, 0.15) is 12.8 Å². The first-order valence-corrected chi connectivity index (χ1v) is 2.51. The Balaban J connectivity index is 2.12. The Morgan fingerprint density at radius 1 is 1.71 bits per heavy atom. The predicted octanol–water partition coefficient (Wildman–Crippen LogP) is 0.319. The lowest BCUT2D eigenvalue weighted by Gasteiger charge is -2.06. The molecule has 0 spiro atoms. The maximum absolute atomic E-state index is 8.80. The summed E-state index contributed by atoms with van der Waals surface area (Å²) in [7, 11) is 0. The molecule has 0 aliphatic carbocycles. The van der Waals surface area contributed by atoms with Gasteiger partial charge in [-0.3, -0.25) is 0 Å². The Bertz CT molecular complexity index is 48.0. The first-order valence-electron chi connectivity index (χ1n) is 2.51. The van der Waals surface area contributed by atoms with Gasteiger partial charge in [0.05, 0.1) is 6.10 Å². The van der Waals surface area contributed by atoms with Crippen molar-refractivity contribution in [2.45, 2.75) is 18.9 Å². The summed E-state index contributed by atoms with van der Waals surface area (Å²) in [4.78, 5) is 0. The van der Waals surface area contributed by atoms with E-state index in [2.05, 4.69) is 0 Å². The molecule has 0 aromatic heterocycles. The van der Waals surface area contributed by atoms with E-state index in [0.29, 0.717) is 13.0 Å². The number of rotatable bonds is 0. The maximum atomic E-state index is 8.80. The molecule has 1 unspecified atom stereocenters. The number of aliphatic hydroxyl groups excluding tert-OH is 1. The second kappa shape index (κ2) is 2.19. The van der Waals surface area contributed by atoms with Crippen LogP contribution < -0.4 is 0 Å². The summed E-state index contributed by atoms with van der Waals surface area (Å²) in [5, 5.41) is 8.80. The van der Waals surface area contributed by atoms with Crippen molar-refractivity contribution in [3.63, 3.8) is 0 Å². The van der Waals surface area contributed by atoms with Crippen LogP contribution in [-0.2, 0) is 4.74 Å². The van der Waals surface area contributed by atoms with Crippen LogP contribution in [0.2, 0.25) is 0 Å². The van der Waals surface area contributed by atoms with Gasteiger partial charge in [-0.05, 0) is 0 Å². The standard InChI is InChI=1S/C5H9O2/c6-5-1-3-7-4-2-5/h3,5-6H,1-2,4H2/q+1. The molecule has 7 heavy (non-hydrogen) atoms. The second-order valence-corrected chi connectivity index (χ2v) is 1.72. The third-order valence-electron chi connectivity index (χ3n) is 1.06. The average molecular weight is 101 g/mol. The number of aliphatic hydroxyl groups is 1. The molecule has 0 saturated carbocycles. The van der Waals surface area contributed by atoms with E-state index in [0.717, 1.165) is 6.42 Å². The molecular weight excluding hydrogens is 92.1 g/mol. The van der Waals surface area contributed by atoms with E-state index in [4.69, 9.17) is 9.84 Å². The van der Waals surface area contributed by atoms with Crippen LogP contribution in [-0.4, -0.2) is 17.8 Å². The number of hydrogen-bond donors (Lipinski definition) is 1. The highest BCUT2D eigenvalue weighted by Crippen LogP contribution is 2.07. The van der Waals surface area contributed by atoms with Gasteiger partial charge in [0.2, 0.25) is 6.61 Å².